The van der Waals surface area contributed by atoms with Crippen molar-refractivity contribution in [2.75, 3.05) is 18.4 Å². The maximum atomic E-state index is 13.2. The van der Waals surface area contributed by atoms with E-state index in [1.54, 1.807) is 12.2 Å². The molecular weight excluding hydrogens is 385 g/mol. The van der Waals surface area contributed by atoms with Crippen molar-refractivity contribution >= 4 is 28.8 Å². The molecule has 2 aliphatic carbocycles. The van der Waals surface area contributed by atoms with Crippen LogP contribution in [0.2, 0.25) is 0 Å². The Morgan fingerprint density at radius 2 is 2.20 bits per heavy atom. The minimum atomic E-state index is -1.05. The summed E-state index contributed by atoms with van der Waals surface area (Å²) in [4.78, 5) is 32.5. The van der Waals surface area contributed by atoms with Crippen molar-refractivity contribution in [3.05, 3.63) is 58.4 Å². The SMILES string of the molecule is O=C1CNCc2[nH]c(C3=CC(NC(=O)[C@@H]4C[C@@H]4F)=NCC3)c(NC3=C=C=CC=C3)c21. The lowest BCUT2D eigenvalue weighted by Crippen LogP contribution is -2.32. The third-order valence-corrected chi connectivity index (χ3v) is 5.45. The highest BCUT2D eigenvalue weighted by molar-refractivity contribution is 6.11. The van der Waals surface area contributed by atoms with Crippen LogP contribution in [-0.4, -0.2) is 41.8 Å². The van der Waals surface area contributed by atoms with Crippen LogP contribution in [0.5, 0.6) is 0 Å². The number of anilines is 1. The lowest BCUT2D eigenvalue weighted by molar-refractivity contribution is -0.121. The summed E-state index contributed by atoms with van der Waals surface area (Å²) in [6.07, 6.45) is 7.11. The summed E-state index contributed by atoms with van der Waals surface area (Å²) < 4.78 is 13.2. The number of nitrogens with zero attached hydrogens (tertiary/aromatic N) is 1. The Balaban J connectivity index is 1.50. The quantitative estimate of drug-likeness (QED) is 0.577. The number of ketones is 1. The normalized spacial score (nSPS) is 24.0. The number of carbonyl (C=O) groups excluding carboxylic acids is 2. The molecule has 1 saturated carbocycles. The van der Waals surface area contributed by atoms with Crippen LogP contribution in [0.4, 0.5) is 10.1 Å². The highest BCUT2D eigenvalue weighted by Crippen LogP contribution is 2.36. The van der Waals surface area contributed by atoms with Gasteiger partial charge in [0.25, 0.3) is 0 Å². The number of rotatable bonds is 4. The van der Waals surface area contributed by atoms with Crippen LogP contribution >= 0.6 is 0 Å². The van der Waals surface area contributed by atoms with Crippen LogP contribution in [0.25, 0.3) is 5.57 Å². The average molecular weight is 405 g/mol. The summed E-state index contributed by atoms with van der Waals surface area (Å²) >= 11 is 0. The first kappa shape index (κ1) is 18.6. The van der Waals surface area contributed by atoms with E-state index < -0.39 is 12.1 Å². The molecule has 7 nitrogen and oxygen atoms in total. The van der Waals surface area contributed by atoms with Crippen LogP contribution in [0.15, 0.2) is 46.5 Å². The van der Waals surface area contributed by atoms with E-state index in [2.05, 4.69) is 37.4 Å². The molecule has 1 aromatic heterocycles. The van der Waals surface area contributed by atoms with E-state index in [9.17, 15) is 14.0 Å². The van der Waals surface area contributed by atoms with Crippen molar-refractivity contribution in [3.63, 3.8) is 0 Å². The summed E-state index contributed by atoms with van der Waals surface area (Å²) in [5.41, 5.74) is 10.4. The lowest BCUT2D eigenvalue weighted by Gasteiger charge is -2.17. The minimum absolute atomic E-state index is 0.00230. The summed E-state index contributed by atoms with van der Waals surface area (Å²) in [5, 5.41) is 9.13. The lowest BCUT2D eigenvalue weighted by atomic mass is 10.0. The number of dihydropyridines is 1. The van der Waals surface area contributed by atoms with Gasteiger partial charge in [-0.2, -0.15) is 0 Å². The number of aromatic nitrogens is 1. The molecule has 3 heterocycles. The molecule has 8 heteroatoms. The molecule has 152 valence electrons. The summed E-state index contributed by atoms with van der Waals surface area (Å²) in [6, 6.07) is 0. The van der Waals surface area contributed by atoms with E-state index in [1.807, 2.05) is 12.2 Å². The number of amides is 1. The van der Waals surface area contributed by atoms with Gasteiger partial charge in [0.1, 0.15) is 12.0 Å². The third kappa shape index (κ3) is 3.48. The Hall–Kier alpha value is -3.44. The molecule has 0 aromatic carbocycles. The molecule has 4 aliphatic rings. The number of H-pyrrole nitrogens is 1. The number of nitrogens with one attached hydrogen (secondary N) is 4. The second kappa shape index (κ2) is 7.43. The molecule has 1 aromatic rings. The summed E-state index contributed by atoms with van der Waals surface area (Å²) in [6.45, 7) is 1.33. The van der Waals surface area contributed by atoms with E-state index in [0.29, 0.717) is 42.3 Å². The fourth-order valence-electron chi connectivity index (χ4n) is 3.82. The third-order valence-electron chi connectivity index (χ3n) is 5.45. The van der Waals surface area contributed by atoms with Gasteiger partial charge >= 0.3 is 0 Å². The van der Waals surface area contributed by atoms with E-state index in [-0.39, 0.29) is 24.7 Å². The van der Waals surface area contributed by atoms with Crippen LogP contribution in [0.1, 0.15) is 34.6 Å². The van der Waals surface area contributed by atoms with Gasteiger partial charge in [0, 0.05) is 18.8 Å². The number of fused-ring (bicyclic) bond motifs is 1. The maximum absolute atomic E-state index is 13.2. The number of Topliss-reactive ketones (excluding diaryl/α,β-unsaturated/α-hetero) is 1. The fourth-order valence-corrected chi connectivity index (χ4v) is 3.82. The van der Waals surface area contributed by atoms with Crippen LogP contribution in [0, 0.1) is 5.92 Å². The Kier molecular flexibility index (Phi) is 4.60. The Bertz CT molecular complexity index is 1140. The molecule has 4 N–H and O–H groups in total. The van der Waals surface area contributed by atoms with E-state index >= 15 is 0 Å². The smallest absolute Gasteiger partial charge is 0.231 e. The monoisotopic (exact) mass is 405 g/mol. The fraction of sp³-hybridized carbons (Fsp3) is 0.318. The molecule has 0 unspecified atom stereocenters. The second-order valence-electron chi connectivity index (χ2n) is 7.62. The van der Waals surface area contributed by atoms with Crippen molar-refractivity contribution in [1.82, 2.24) is 15.6 Å². The summed E-state index contributed by atoms with van der Waals surface area (Å²) in [5.74, 6) is -0.489. The number of amidine groups is 1. The zero-order chi connectivity index (χ0) is 20.7. The van der Waals surface area contributed by atoms with Crippen molar-refractivity contribution in [1.29, 1.82) is 0 Å². The number of alkyl halides is 1. The number of carbonyl (C=O) groups is 2. The van der Waals surface area contributed by atoms with Gasteiger partial charge in [0.15, 0.2) is 5.78 Å². The Labute approximate surface area is 172 Å². The highest BCUT2D eigenvalue weighted by Gasteiger charge is 2.44. The van der Waals surface area contributed by atoms with Gasteiger partial charge in [-0.05, 0) is 42.4 Å². The van der Waals surface area contributed by atoms with Gasteiger partial charge in [0.05, 0.1) is 35.1 Å². The second-order valence-corrected chi connectivity index (χ2v) is 7.62. The molecular formula is C22H20FN5O2. The first-order chi connectivity index (χ1) is 14.6. The average Bonchev–Trinajstić information content (AvgIpc) is 3.37. The van der Waals surface area contributed by atoms with Crippen molar-refractivity contribution in [3.8, 4) is 0 Å². The predicted octanol–water partition coefficient (Wildman–Crippen LogP) is 2.14. The molecule has 2 atom stereocenters. The Morgan fingerprint density at radius 1 is 1.33 bits per heavy atom. The van der Waals surface area contributed by atoms with Gasteiger partial charge in [0.2, 0.25) is 5.91 Å². The van der Waals surface area contributed by atoms with Gasteiger partial charge in [-0.15, -0.1) is 0 Å². The number of allylic oxidation sites excluding steroid dienone is 3. The number of aromatic amines is 1. The largest absolute Gasteiger partial charge is 0.355 e. The highest BCUT2D eigenvalue weighted by atomic mass is 19.1. The van der Waals surface area contributed by atoms with Crippen molar-refractivity contribution in [2.24, 2.45) is 10.9 Å². The maximum Gasteiger partial charge on any atom is 0.231 e. The molecule has 1 amide bonds. The number of hydrogen-bond donors (Lipinski definition) is 4. The topological polar surface area (TPSA) is 98.4 Å². The molecule has 0 saturated heterocycles. The van der Waals surface area contributed by atoms with Gasteiger partial charge in [-0.3, -0.25) is 14.6 Å². The molecule has 0 spiro atoms. The number of aliphatic imine (C=N–C) groups is 1. The molecule has 1 fully saturated rings. The van der Waals surface area contributed by atoms with Crippen molar-refractivity contribution < 1.29 is 14.0 Å². The molecule has 30 heavy (non-hydrogen) atoms. The zero-order valence-corrected chi connectivity index (χ0v) is 16.1. The van der Waals surface area contributed by atoms with Gasteiger partial charge in [-0.25, -0.2) is 4.39 Å². The molecule has 0 radical (unpaired) electrons. The first-order valence-electron chi connectivity index (χ1n) is 9.94. The number of hydrogen-bond acceptors (Lipinski definition) is 5. The molecule has 5 rings (SSSR count). The first-order valence-corrected chi connectivity index (χ1v) is 9.94. The predicted molar refractivity (Wildman–Crippen MR) is 111 cm³/mol. The van der Waals surface area contributed by atoms with Gasteiger partial charge < -0.3 is 20.9 Å². The van der Waals surface area contributed by atoms with Crippen molar-refractivity contribution in [2.45, 2.75) is 25.6 Å². The molecule has 0 bridgehead atoms. The standard InChI is InChI=1S/C22H20FN5O2/c23-15-9-14(15)22(30)28-18-8-12(6-7-25-18)20-21(26-13-4-2-1-3-5-13)19-16(27-20)10-24-11-17(19)29/h1-2,4,8,14-15,24,26-27H,6-7,9-11H2,(H,25,28,30)/t14-,15+/m1/s1. The minimum Gasteiger partial charge on any atom is -0.355 e. The number of halogens is 1. The van der Waals surface area contributed by atoms with E-state index in [0.717, 1.165) is 17.0 Å². The van der Waals surface area contributed by atoms with E-state index in [4.69, 9.17) is 0 Å². The van der Waals surface area contributed by atoms with Crippen LogP contribution in [0.3, 0.4) is 0 Å². The van der Waals surface area contributed by atoms with Crippen LogP contribution < -0.4 is 16.0 Å². The van der Waals surface area contributed by atoms with Gasteiger partial charge in [-0.1, -0.05) is 11.8 Å². The Morgan fingerprint density at radius 3 is 2.97 bits per heavy atom. The molecule has 2 aliphatic heterocycles. The van der Waals surface area contributed by atoms with E-state index in [1.165, 1.54) is 0 Å². The zero-order valence-electron chi connectivity index (χ0n) is 16.1. The van der Waals surface area contributed by atoms with Crippen LogP contribution in [-0.2, 0) is 11.3 Å². The summed E-state index contributed by atoms with van der Waals surface area (Å²) in [7, 11) is 0.